The summed E-state index contributed by atoms with van der Waals surface area (Å²) in [6, 6.07) is 19.4. The fraction of sp³-hybridized carbons (Fsp3) is 0.182. The Bertz CT molecular complexity index is 844. The number of aromatic nitrogens is 1. The number of amides is 1. The number of ether oxygens (including phenoxy) is 1. The number of methoxy groups -OCH3 is 1. The van der Waals surface area contributed by atoms with Crippen LogP contribution in [0.1, 0.15) is 24.8 Å². The molecule has 0 bridgehead atoms. The zero-order chi connectivity index (χ0) is 18.4. The Morgan fingerprint density at radius 2 is 1.58 bits per heavy atom. The second-order valence-corrected chi connectivity index (χ2v) is 6.04. The van der Waals surface area contributed by atoms with Crippen LogP contribution in [0.25, 0.3) is 11.1 Å². The van der Waals surface area contributed by atoms with Crippen molar-refractivity contribution >= 4 is 11.6 Å². The Hall–Kier alpha value is -3.14. The number of nitrogens with one attached hydrogen (secondary N) is 1. The zero-order valence-electron chi connectivity index (χ0n) is 15.0. The van der Waals surface area contributed by atoms with Gasteiger partial charge in [0.25, 0.3) is 0 Å². The van der Waals surface area contributed by atoms with Gasteiger partial charge < -0.3 is 10.1 Å². The predicted molar refractivity (Wildman–Crippen MR) is 104 cm³/mol. The summed E-state index contributed by atoms with van der Waals surface area (Å²) in [5, 5.41) is 3.02. The first-order chi connectivity index (χ1) is 12.7. The van der Waals surface area contributed by atoms with Crippen molar-refractivity contribution in [2.45, 2.75) is 19.3 Å². The molecule has 1 amide bonds. The van der Waals surface area contributed by atoms with Gasteiger partial charge in [0.05, 0.1) is 13.0 Å². The van der Waals surface area contributed by atoms with Gasteiger partial charge in [-0.25, -0.2) is 0 Å². The highest BCUT2D eigenvalue weighted by atomic mass is 16.5. The maximum Gasteiger partial charge on any atom is 0.231 e. The van der Waals surface area contributed by atoms with Crippen LogP contribution >= 0.6 is 0 Å². The third-order valence-electron chi connectivity index (χ3n) is 4.41. The van der Waals surface area contributed by atoms with Crippen molar-refractivity contribution < 1.29 is 9.53 Å². The second-order valence-electron chi connectivity index (χ2n) is 6.04. The second kappa shape index (κ2) is 8.30. The highest BCUT2D eigenvalue weighted by Gasteiger charge is 2.18. The predicted octanol–water partition coefficient (Wildman–Crippen LogP) is 4.89. The zero-order valence-corrected chi connectivity index (χ0v) is 15.0. The van der Waals surface area contributed by atoms with Crippen LogP contribution in [0.5, 0.6) is 5.75 Å². The van der Waals surface area contributed by atoms with E-state index >= 15 is 0 Å². The summed E-state index contributed by atoms with van der Waals surface area (Å²) >= 11 is 0. The van der Waals surface area contributed by atoms with Gasteiger partial charge in [0, 0.05) is 18.1 Å². The van der Waals surface area contributed by atoms with Crippen molar-refractivity contribution in [2.75, 3.05) is 12.4 Å². The van der Waals surface area contributed by atoms with Gasteiger partial charge in [-0.2, -0.15) is 0 Å². The van der Waals surface area contributed by atoms with E-state index in [1.807, 2.05) is 67.6 Å². The van der Waals surface area contributed by atoms with Crippen LogP contribution in [0.4, 0.5) is 5.69 Å². The number of carbonyl (C=O) groups is 1. The molecule has 1 N–H and O–H groups in total. The third-order valence-corrected chi connectivity index (χ3v) is 4.41. The largest absolute Gasteiger partial charge is 0.497 e. The molecule has 0 saturated heterocycles. The highest BCUT2D eigenvalue weighted by molar-refractivity contribution is 5.96. The first kappa shape index (κ1) is 17.7. The molecule has 0 radical (unpaired) electrons. The van der Waals surface area contributed by atoms with Crippen LogP contribution in [0, 0.1) is 0 Å². The summed E-state index contributed by atoms with van der Waals surface area (Å²) in [6.07, 6.45) is 4.27. The van der Waals surface area contributed by atoms with Gasteiger partial charge >= 0.3 is 0 Å². The molecule has 0 spiro atoms. The van der Waals surface area contributed by atoms with Crippen LogP contribution in [0.2, 0.25) is 0 Å². The number of hydrogen-bond donors (Lipinski definition) is 1. The van der Waals surface area contributed by atoms with Gasteiger partial charge in [0.1, 0.15) is 5.75 Å². The summed E-state index contributed by atoms with van der Waals surface area (Å²) in [5.41, 5.74) is 3.97. The maximum absolute atomic E-state index is 12.7. The summed E-state index contributed by atoms with van der Waals surface area (Å²) < 4.78 is 5.18. The molecule has 3 rings (SSSR count). The SMILES string of the molecule is CCC(C(=O)Nc1ccc(-c2ccncc2)cc1)c1ccc(OC)cc1. The number of anilines is 1. The van der Waals surface area contributed by atoms with Crippen LogP contribution in [-0.4, -0.2) is 18.0 Å². The van der Waals surface area contributed by atoms with Gasteiger partial charge in [0.2, 0.25) is 5.91 Å². The number of benzene rings is 2. The van der Waals surface area contributed by atoms with Crippen molar-refractivity contribution in [3.63, 3.8) is 0 Å². The molecule has 0 aliphatic rings. The first-order valence-electron chi connectivity index (χ1n) is 8.66. The summed E-state index contributed by atoms with van der Waals surface area (Å²) in [4.78, 5) is 16.7. The molecule has 1 unspecified atom stereocenters. The van der Waals surface area contributed by atoms with Crippen molar-refractivity contribution in [1.82, 2.24) is 4.98 Å². The monoisotopic (exact) mass is 346 g/mol. The Morgan fingerprint density at radius 3 is 2.15 bits per heavy atom. The fourth-order valence-corrected chi connectivity index (χ4v) is 2.93. The van der Waals surface area contributed by atoms with Crippen molar-refractivity contribution in [1.29, 1.82) is 0 Å². The quantitative estimate of drug-likeness (QED) is 0.691. The van der Waals surface area contributed by atoms with Crippen LogP contribution < -0.4 is 10.1 Å². The van der Waals surface area contributed by atoms with E-state index in [-0.39, 0.29) is 11.8 Å². The van der Waals surface area contributed by atoms with E-state index < -0.39 is 0 Å². The molecule has 1 heterocycles. The van der Waals surface area contributed by atoms with Crippen molar-refractivity contribution in [3.05, 3.63) is 78.6 Å². The van der Waals surface area contributed by atoms with E-state index in [4.69, 9.17) is 4.74 Å². The van der Waals surface area contributed by atoms with E-state index in [0.717, 1.165) is 34.5 Å². The average molecular weight is 346 g/mol. The lowest BCUT2D eigenvalue weighted by atomic mass is 9.95. The van der Waals surface area contributed by atoms with Gasteiger partial charge in [-0.3, -0.25) is 9.78 Å². The average Bonchev–Trinajstić information content (AvgIpc) is 2.70. The molecule has 0 saturated carbocycles. The van der Waals surface area contributed by atoms with E-state index in [1.54, 1.807) is 19.5 Å². The molecule has 2 aromatic carbocycles. The number of pyridine rings is 1. The normalized spacial score (nSPS) is 11.6. The fourth-order valence-electron chi connectivity index (χ4n) is 2.93. The third kappa shape index (κ3) is 4.09. The smallest absolute Gasteiger partial charge is 0.231 e. The molecule has 0 aliphatic heterocycles. The van der Waals surface area contributed by atoms with E-state index in [9.17, 15) is 4.79 Å². The molecule has 1 aromatic heterocycles. The molecular weight excluding hydrogens is 324 g/mol. The van der Waals surface area contributed by atoms with Gasteiger partial charge in [-0.05, 0) is 59.5 Å². The van der Waals surface area contributed by atoms with Crippen LogP contribution in [0.15, 0.2) is 73.1 Å². The lowest BCUT2D eigenvalue weighted by molar-refractivity contribution is -0.117. The lowest BCUT2D eigenvalue weighted by Gasteiger charge is -2.16. The number of nitrogens with zero attached hydrogens (tertiary/aromatic N) is 1. The van der Waals surface area contributed by atoms with E-state index in [0.29, 0.717) is 0 Å². The van der Waals surface area contributed by atoms with E-state index in [2.05, 4.69) is 10.3 Å². The van der Waals surface area contributed by atoms with Crippen LogP contribution in [-0.2, 0) is 4.79 Å². The standard InChI is InChI=1S/C22H22N2O2/c1-3-21(18-6-10-20(26-2)11-7-18)22(25)24-19-8-4-16(5-9-19)17-12-14-23-15-13-17/h4-15,21H,3H2,1-2H3,(H,24,25). The van der Waals surface area contributed by atoms with Gasteiger partial charge in [0.15, 0.2) is 0 Å². The lowest BCUT2D eigenvalue weighted by Crippen LogP contribution is -2.20. The molecular formula is C22H22N2O2. The van der Waals surface area contributed by atoms with Crippen molar-refractivity contribution in [3.8, 4) is 16.9 Å². The Labute approximate surface area is 153 Å². The van der Waals surface area contributed by atoms with Crippen LogP contribution in [0.3, 0.4) is 0 Å². The Morgan fingerprint density at radius 1 is 0.962 bits per heavy atom. The molecule has 26 heavy (non-hydrogen) atoms. The summed E-state index contributed by atoms with van der Waals surface area (Å²) in [7, 11) is 1.63. The summed E-state index contributed by atoms with van der Waals surface area (Å²) in [5.74, 6) is 0.589. The van der Waals surface area contributed by atoms with Gasteiger partial charge in [-0.1, -0.05) is 31.2 Å². The molecule has 4 nitrogen and oxygen atoms in total. The minimum absolute atomic E-state index is 0.00525. The maximum atomic E-state index is 12.7. The molecule has 0 aliphatic carbocycles. The molecule has 132 valence electrons. The van der Waals surface area contributed by atoms with E-state index in [1.165, 1.54) is 0 Å². The minimum Gasteiger partial charge on any atom is -0.497 e. The highest BCUT2D eigenvalue weighted by Crippen LogP contribution is 2.25. The number of carbonyl (C=O) groups excluding carboxylic acids is 1. The molecule has 3 aromatic rings. The van der Waals surface area contributed by atoms with Crippen molar-refractivity contribution in [2.24, 2.45) is 0 Å². The van der Waals surface area contributed by atoms with Gasteiger partial charge in [-0.15, -0.1) is 0 Å². The topological polar surface area (TPSA) is 51.2 Å². The number of hydrogen-bond acceptors (Lipinski definition) is 3. The Balaban J connectivity index is 1.71. The molecule has 1 atom stereocenters. The summed E-state index contributed by atoms with van der Waals surface area (Å²) in [6.45, 7) is 2.01. The molecule has 4 heteroatoms. The first-order valence-corrected chi connectivity index (χ1v) is 8.66. The molecule has 0 fully saturated rings. The number of rotatable bonds is 6. The minimum atomic E-state index is -0.194. The Kier molecular flexibility index (Phi) is 5.64.